The molecule has 0 spiro atoms. The number of carbonyl (C=O) groups excluding carboxylic acids is 4. The molecule has 0 fully saturated rings. The number of amides is 4. The molecular formula is C25H23N3O4. The minimum absolute atomic E-state index is 0.121. The van der Waals surface area contributed by atoms with Crippen molar-refractivity contribution in [2.75, 3.05) is 17.2 Å². The van der Waals surface area contributed by atoms with Crippen molar-refractivity contribution in [3.63, 3.8) is 0 Å². The first kappa shape index (κ1) is 21.2. The van der Waals surface area contributed by atoms with E-state index in [1.54, 1.807) is 36.4 Å². The lowest BCUT2D eigenvalue weighted by atomic mass is 9.94. The highest BCUT2D eigenvalue weighted by Crippen LogP contribution is 2.30. The van der Waals surface area contributed by atoms with E-state index in [0.29, 0.717) is 34.3 Å². The van der Waals surface area contributed by atoms with Crippen molar-refractivity contribution in [1.29, 1.82) is 0 Å². The van der Waals surface area contributed by atoms with Gasteiger partial charge in [-0.05, 0) is 48.6 Å². The highest BCUT2D eigenvalue weighted by Gasteiger charge is 2.32. The Labute approximate surface area is 185 Å². The molecule has 0 radical (unpaired) electrons. The molecule has 0 bridgehead atoms. The number of imide groups is 1. The van der Waals surface area contributed by atoms with Gasteiger partial charge in [0.05, 0.1) is 11.4 Å². The van der Waals surface area contributed by atoms with Gasteiger partial charge in [-0.1, -0.05) is 30.3 Å². The van der Waals surface area contributed by atoms with Crippen molar-refractivity contribution >= 4 is 45.8 Å². The third-order valence-electron chi connectivity index (χ3n) is 5.40. The van der Waals surface area contributed by atoms with Gasteiger partial charge in [-0.15, -0.1) is 0 Å². The van der Waals surface area contributed by atoms with E-state index in [2.05, 4.69) is 10.6 Å². The summed E-state index contributed by atoms with van der Waals surface area (Å²) in [6, 6.07) is 16.2. The van der Waals surface area contributed by atoms with Gasteiger partial charge in [0.1, 0.15) is 0 Å². The highest BCUT2D eigenvalue weighted by atomic mass is 16.2. The van der Waals surface area contributed by atoms with Crippen molar-refractivity contribution in [2.24, 2.45) is 0 Å². The first-order valence-corrected chi connectivity index (χ1v) is 10.4. The van der Waals surface area contributed by atoms with E-state index in [9.17, 15) is 19.2 Å². The molecule has 1 heterocycles. The summed E-state index contributed by atoms with van der Waals surface area (Å²) < 4.78 is 0. The third-order valence-corrected chi connectivity index (χ3v) is 5.40. The zero-order valence-electron chi connectivity index (χ0n) is 17.9. The van der Waals surface area contributed by atoms with Gasteiger partial charge in [-0.2, -0.15) is 0 Å². The quantitative estimate of drug-likeness (QED) is 0.576. The van der Waals surface area contributed by atoms with Gasteiger partial charge in [0.25, 0.3) is 11.8 Å². The normalized spacial score (nSPS) is 12.8. The maximum absolute atomic E-state index is 12.9. The average Bonchev–Trinajstić information content (AvgIpc) is 2.76. The van der Waals surface area contributed by atoms with Gasteiger partial charge in [-0.25, -0.2) is 0 Å². The maximum atomic E-state index is 12.9. The number of anilines is 2. The summed E-state index contributed by atoms with van der Waals surface area (Å²) in [5.74, 6) is -1.18. The molecule has 0 unspecified atom stereocenters. The van der Waals surface area contributed by atoms with Crippen LogP contribution in [0.2, 0.25) is 0 Å². The molecule has 0 aromatic heterocycles. The van der Waals surface area contributed by atoms with Crippen LogP contribution in [-0.4, -0.2) is 35.1 Å². The largest absolute Gasteiger partial charge is 0.325 e. The van der Waals surface area contributed by atoms with E-state index in [1.165, 1.54) is 11.8 Å². The Bertz CT molecular complexity index is 1210. The van der Waals surface area contributed by atoms with Crippen LogP contribution in [0.5, 0.6) is 0 Å². The number of hydrogen-bond donors (Lipinski definition) is 2. The molecule has 0 aliphatic carbocycles. The predicted octanol–water partition coefficient (Wildman–Crippen LogP) is 4.12. The molecule has 3 aromatic rings. The second-order valence-corrected chi connectivity index (χ2v) is 7.85. The third kappa shape index (κ3) is 4.09. The summed E-state index contributed by atoms with van der Waals surface area (Å²) in [4.78, 5) is 51.0. The van der Waals surface area contributed by atoms with Crippen LogP contribution >= 0.6 is 0 Å². The molecular weight excluding hydrogens is 406 g/mol. The Kier molecular flexibility index (Phi) is 5.73. The zero-order valence-corrected chi connectivity index (χ0v) is 17.9. The number of carbonyl (C=O) groups is 4. The number of benzene rings is 3. The van der Waals surface area contributed by atoms with Gasteiger partial charge in [-0.3, -0.25) is 24.1 Å². The molecule has 7 heteroatoms. The lowest BCUT2D eigenvalue weighted by molar-refractivity contribution is -0.116. The van der Waals surface area contributed by atoms with E-state index in [-0.39, 0.29) is 36.6 Å². The number of aryl methyl sites for hydroxylation is 1. The molecule has 0 atom stereocenters. The van der Waals surface area contributed by atoms with Crippen LogP contribution in [0.15, 0.2) is 54.6 Å². The summed E-state index contributed by atoms with van der Waals surface area (Å²) in [6.07, 6.45) is 0.444. The second kappa shape index (κ2) is 8.63. The summed E-state index contributed by atoms with van der Waals surface area (Å²) in [5, 5.41) is 7.04. The van der Waals surface area contributed by atoms with Gasteiger partial charge >= 0.3 is 0 Å². The number of hydrogen-bond acceptors (Lipinski definition) is 4. The van der Waals surface area contributed by atoms with Crippen molar-refractivity contribution < 1.29 is 19.2 Å². The van der Waals surface area contributed by atoms with E-state index in [0.717, 1.165) is 10.9 Å². The summed E-state index contributed by atoms with van der Waals surface area (Å²) in [6.45, 7) is 3.43. The Balaban J connectivity index is 1.43. The lowest BCUT2D eigenvalue weighted by Crippen LogP contribution is -2.41. The smallest absolute Gasteiger partial charge is 0.261 e. The summed E-state index contributed by atoms with van der Waals surface area (Å²) >= 11 is 0. The van der Waals surface area contributed by atoms with Crippen molar-refractivity contribution in [3.8, 4) is 0 Å². The van der Waals surface area contributed by atoms with E-state index in [4.69, 9.17) is 0 Å². The van der Waals surface area contributed by atoms with Gasteiger partial charge in [0.15, 0.2) is 0 Å². The number of nitrogens with one attached hydrogen (secondary N) is 2. The molecule has 0 saturated carbocycles. The number of nitrogens with zero attached hydrogens (tertiary/aromatic N) is 1. The molecule has 1 aliphatic rings. The van der Waals surface area contributed by atoms with Gasteiger partial charge in [0.2, 0.25) is 11.8 Å². The number of rotatable bonds is 6. The minimum atomic E-state index is -0.341. The SMILES string of the molecule is CC(=O)Nc1ccc(C)cc1NC(=O)CCCN1C(=O)c2cccc3cccc(c23)C1=O. The monoisotopic (exact) mass is 429 g/mol. The zero-order chi connectivity index (χ0) is 22.8. The predicted molar refractivity (Wildman–Crippen MR) is 123 cm³/mol. The molecule has 4 rings (SSSR count). The fourth-order valence-electron chi connectivity index (χ4n) is 3.95. The fraction of sp³-hybridized carbons (Fsp3) is 0.200. The van der Waals surface area contributed by atoms with Crippen LogP contribution in [0.25, 0.3) is 10.8 Å². The van der Waals surface area contributed by atoms with Crippen LogP contribution in [0, 0.1) is 6.92 Å². The van der Waals surface area contributed by atoms with Crippen molar-refractivity contribution in [2.45, 2.75) is 26.7 Å². The van der Waals surface area contributed by atoms with Gasteiger partial charge < -0.3 is 10.6 Å². The average molecular weight is 429 g/mol. The van der Waals surface area contributed by atoms with Crippen LogP contribution in [0.4, 0.5) is 11.4 Å². The maximum Gasteiger partial charge on any atom is 0.261 e. The fourth-order valence-corrected chi connectivity index (χ4v) is 3.95. The van der Waals surface area contributed by atoms with E-state index >= 15 is 0 Å². The molecule has 4 amide bonds. The Hall–Kier alpha value is -4.00. The van der Waals surface area contributed by atoms with E-state index in [1.807, 2.05) is 25.1 Å². The first-order chi connectivity index (χ1) is 15.3. The van der Waals surface area contributed by atoms with Crippen LogP contribution < -0.4 is 10.6 Å². The standard InChI is InChI=1S/C25H23N3O4/c1-15-11-12-20(26-16(2)29)21(14-15)27-22(30)10-5-13-28-24(31)18-8-3-6-17-7-4-9-19(23(17)18)25(28)32/h3-4,6-9,11-12,14H,5,10,13H2,1-2H3,(H,26,29)(H,27,30). The van der Waals surface area contributed by atoms with Crippen LogP contribution in [0.1, 0.15) is 46.0 Å². The van der Waals surface area contributed by atoms with Crippen LogP contribution in [-0.2, 0) is 9.59 Å². The van der Waals surface area contributed by atoms with E-state index < -0.39 is 0 Å². The molecule has 32 heavy (non-hydrogen) atoms. The molecule has 2 N–H and O–H groups in total. The van der Waals surface area contributed by atoms with Gasteiger partial charge in [0, 0.05) is 36.4 Å². The molecule has 7 nitrogen and oxygen atoms in total. The summed E-state index contributed by atoms with van der Waals surface area (Å²) in [5.41, 5.74) is 2.97. The van der Waals surface area contributed by atoms with Crippen molar-refractivity contribution in [3.05, 3.63) is 71.3 Å². The minimum Gasteiger partial charge on any atom is -0.325 e. The molecule has 0 saturated heterocycles. The second-order valence-electron chi connectivity index (χ2n) is 7.85. The lowest BCUT2D eigenvalue weighted by Gasteiger charge is -2.27. The summed E-state index contributed by atoms with van der Waals surface area (Å²) in [7, 11) is 0. The topological polar surface area (TPSA) is 95.6 Å². The molecule has 3 aromatic carbocycles. The molecule has 1 aliphatic heterocycles. The Morgan fingerprint density at radius 2 is 1.53 bits per heavy atom. The highest BCUT2D eigenvalue weighted by molar-refractivity contribution is 6.25. The first-order valence-electron chi connectivity index (χ1n) is 10.4. The Morgan fingerprint density at radius 1 is 0.875 bits per heavy atom. The Morgan fingerprint density at radius 3 is 2.16 bits per heavy atom. The van der Waals surface area contributed by atoms with Crippen molar-refractivity contribution in [1.82, 2.24) is 4.90 Å². The molecule has 162 valence electrons. The van der Waals surface area contributed by atoms with Crippen LogP contribution in [0.3, 0.4) is 0 Å².